The van der Waals surface area contributed by atoms with E-state index in [4.69, 9.17) is 9.47 Å². The number of aryl methyl sites for hydroxylation is 1. The Bertz CT molecular complexity index is 940. The van der Waals surface area contributed by atoms with E-state index in [-0.39, 0.29) is 11.9 Å². The molecule has 2 aliphatic heterocycles. The zero-order chi connectivity index (χ0) is 22.5. The number of methoxy groups -OCH3 is 2. The number of fused-ring (bicyclic) bond motifs is 1. The molecule has 2 aromatic carbocycles. The molecule has 1 amide bonds. The first-order valence-corrected chi connectivity index (χ1v) is 11.7. The zero-order valence-corrected chi connectivity index (χ0v) is 19.5. The number of piperidine rings is 1. The largest absolute Gasteiger partial charge is 0.493 e. The molecule has 0 bridgehead atoms. The van der Waals surface area contributed by atoms with Gasteiger partial charge in [0.05, 0.1) is 25.8 Å². The number of rotatable bonds is 7. The van der Waals surface area contributed by atoms with Gasteiger partial charge < -0.3 is 19.7 Å². The summed E-state index contributed by atoms with van der Waals surface area (Å²) in [6, 6.07) is 12.4. The quantitative estimate of drug-likeness (QED) is 0.708. The number of carbonyl (C=O) groups is 1. The first kappa shape index (κ1) is 22.5. The summed E-state index contributed by atoms with van der Waals surface area (Å²) in [5, 5.41) is 3.18. The van der Waals surface area contributed by atoms with Crippen LogP contribution in [0.5, 0.6) is 11.5 Å². The van der Waals surface area contributed by atoms with Gasteiger partial charge in [-0.05, 0) is 68.1 Å². The second kappa shape index (κ2) is 10.3. The molecule has 1 unspecified atom stereocenters. The highest BCUT2D eigenvalue weighted by Crippen LogP contribution is 2.33. The van der Waals surface area contributed by atoms with Crippen molar-refractivity contribution in [3.05, 3.63) is 53.1 Å². The van der Waals surface area contributed by atoms with Gasteiger partial charge in [-0.3, -0.25) is 9.69 Å². The fourth-order valence-corrected chi connectivity index (χ4v) is 5.05. The second-order valence-corrected chi connectivity index (χ2v) is 8.78. The summed E-state index contributed by atoms with van der Waals surface area (Å²) in [7, 11) is 5.32. The zero-order valence-electron chi connectivity index (χ0n) is 19.5. The molecule has 0 spiro atoms. The number of anilines is 1. The van der Waals surface area contributed by atoms with Crippen LogP contribution in [-0.2, 0) is 6.42 Å². The van der Waals surface area contributed by atoms with Crippen molar-refractivity contribution in [2.24, 2.45) is 0 Å². The summed E-state index contributed by atoms with van der Waals surface area (Å²) >= 11 is 0. The number of para-hydroxylation sites is 1. The fraction of sp³-hybridized carbons (Fsp3) is 0.500. The number of hydrogen-bond acceptors (Lipinski definition) is 5. The molecule has 6 heteroatoms. The van der Waals surface area contributed by atoms with Gasteiger partial charge in [-0.1, -0.05) is 24.6 Å². The number of likely N-dealkylation sites (tertiary alicyclic amines) is 1. The highest BCUT2D eigenvalue weighted by Gasteiger charge is 2.26. The monoisotopic (exact) mass is 437 g/mol. The Morgan fingerprint density at radius 3 is 2.59 bits per heavy atom. The molecule has 1 N–H and O–H groups in total. The van der Waals surface area contributed by atoms with Crippen molar-refractivity contribution in [1.82, 2.24) is 10.2 Å². The molecule has 0 saturated carbocycles. The smallest absolute Gasteiger partial charge is 0.255 e. The van der Waals surface area contributed by atoms with E-state index < -0.39 is 0 Å². The van der Waals surface area contributed by atoms with Crippen molar-refractivity contribution in [1.29, 1.82) is 0 Å². The number of nitrogens with zero attached hydrogens (tertiary/aromatic N) is 2. The van der Waals surface area contributed by atoms with E-state index in [0.29, 0.717) is 23.6 Å². The Morgan fingerprint density at radius 2 is 1.84 bits per heavy atom. The van der Waals surface area contributed by atoms with Gasteiger partial charge in [-0.15, -0.1) is 0 Å². The van der Waals surface area contributed by atoms with E-state index >= 15 is 0 Å². The van der Waals surface area contributed by atoms with Crippen LogP contribution in [0.4, 0.5) is 5.69 Å². The van der Waals surface area contributed by atoms with E-state index in [2.05, 4.69) is 40.4 Å². The fourth-order valence-electron chi connectivity index (χ4n) is 5.05. The number of benzene rings is 2. The summed E-state index contributed by atoms with van der Waals surface area (Å²) in [5.74, 6) is 0.894. The minimum atomic E-state index is -0.138. The molecule has 2 heterocycles. The van der Waals surface area contributed by atoms with Crippen LogP contribution in [0.15, 0.2) is 36.4 Å². The lowest BCUT2D eigenvalue weighted by Gasteiger charge is -2.36. The van der Waals surface area contributed by atoms with E-state index in [0.717, 1.165) is 26.1 Å². The van der Waals surface area contributed by atoms with Crippen molar-refractivity contribution >= 4 is 11.6 Å². The van der Waals surface area contributed by atoms with Crippen molar-refractivity contribution in [3.63, 3.8) is 0 Å². The third-order valence-electron chi connectivity index (χ3n) is 6.77. The van der Waals surface area contributed by atoms with Gasteiger partial charge in [0.1, 0.15) is 0 Å². The lowest BCUT2D eigenvalue weighted by Crippen LogP contribution is -2.40. The maximum Gasteiger partial charge on any atom is 0.255 e. The van der Waals surface area contributed by atoms with Gasteiger partial charge >= 0.3 is 0 Å². The van der Waals surface area contributed by atoms with Crippen molar-refractivity contribution in [2.45, 2.75) is 38.1 Å². The summed E-state index contributed by atoms with van der Waals surface area (Å²) in [6.07, 6.45) is 6.01. The molecule has 1 saturated heterocycles. The summed E-state index contributed by atoms with van der Waals surface area (Å²) in [4.78, 5) is 18.0. The molecule has 0 aromatic heterocycles. The molecule has 4 rings (SSSR count). The van der Waals surface area contributed by atoms with Gasteiger partial charge in [0.2, 0.25) is 0 Å². The van der Waals surface area contributed by atoms with Crippen LogP contribution in [0, 0.1) is 0 Å². The van der Waals surface area contributed by atoms with Crippen LogP contribution in [0.2, 0.25) is 0 Å². The highest BCUT2D eigenvalue weighted by molar-refractivity contribution is 5.97. The minimum absolute atomic E-state index is 0.138. The standard InChI is InChI=1S/C26H35N3O3/c1-28-14-8-9-19-17-20(12-13-22(19)28)23(29-15-5-4-6-16-29)18-27-26(30)21-10-7-11-24(31-2)25(21)32-3/h7,10-13,17,23H,4-6,8-9,14-16,18H2,1-3H3,(H,27,30). The maximum absolute atomic E-state index is 13.1. The van der Waals surface area contributed by atoms with Gasteiger partial charge in [-0.2, -0.15) is 0 Å². The van der Waals surface area contributed by atoms with E-state index in [1.165, 1.54) is 42.5 Å². The Labute approximate surface area is 191 Å². The van der Waals surface area contributed by atoms with Gasteiger partial charge in [0.25, 0.3) is 5.91 Å². The first-order chi connectivity index (χ1) is 15.6. The van der Waals surface area contributed by atoms with Gasteiger partial charge in [0, 0.05) is 25.8 Å². The van der Waals surface area contributed by atoms with Gasteiger partial charge in [-0.25, -0.2) is 0 Å². The molecule has 32 heavy (non-hydrogen) atoms. The maximum atomic E-state index is 13.1. The molecule has 2 aromatic rings. The third-order valence-corrected chi connectivity index (χ3v) is 6.77. The molecule has 172 valence electrons. The molecular formula is C26H35N3O3. The lowest BCUT2D eigenvalue weighted by molar-refractivity contribution is 0.0921. The van der Waals surface area contributed by atoms with Crippen LogP contribution < -0.4 is 19.7 Å². The molecular weight excluding hydrogens is 402 g/mol. The molecule has 1 fully saturated rings. The number of ether oxygens (including phenoxy) is 2. The summed E-state index contributed by atoms with van der Waals surface area (Å²) < 4.78 is 10.8. The number of carbonyl (C=O) groups excluding carboxylic acids is 1. The van der Waals surface area contributed by atoms with Crippen LogP contribution in [0.1, 0.15) is 53.2 Å². The SMILES string of the molecule is COc1cccc(C(=O)NCC(c2ccc3c(c2)CCCN3C)N2CCCCC2)c1OC. The predicted molar refractivity (Wildman–Crippen MR) is 128 cm³/mol. The topological polar surface area (TPSA) is 54.0 Å². The Hall–Kier alpha value is -2.73. The average Bonchev–Trinajstić information content (AvgIpc) is 2.84. The van der Waals surface area contributed by atoms with Crippen LogP contribution in [-0.4, -0.2) is 58.3 Å². The number of hydrogen-bond donors (Lipinski definition) is 1. The lowest BCUT2D eigenvalue weighted by atomic mass is 9.95. The van der Waals surface area contributed by atoms with Crippen LogP contribution >= 0.6 is 0 Å². The van der Waals surface area contributed by atoms with E-state index in [1.54, 1.807) is 26.4 Å². The minimum Gasteiger partial charge on any atom is -0.493 e. The third kappa shape index (κ3) is 4.70. The van der Waals surface area contributed by atoms with Crippen LogP contribution in [0.3, 0.4) is 0 Å². The molecule has 0 radical (unpaired) electrons. The van der Waals surface area contributed by atoms with Crippen molar-refractivity contribution < 1.29 is 14.3 Å². The summed E-state index contributed by atoms with van der Waals surface area (Å²) in [6.45, 7) is 3.81. The normalized spacial score (nSPS) is 17.4. The van der Waals surface area contributed by atoms with E-state index in [1.807, 2.05) is 6.07 Å². The molecule has 1 atom stereocenters. The average molecular weight is 438 g/mol. The van der Waals surface area contributed by atoms with Crippen LogP contribution in [0.25, 0.3) is 0 Å². The van der Waals surface area contributed by atoms with E-state index in [9.17, 15) is 4.79 Å². The Morgan fingerprint density at radius 1 is 1.03 bits per heavy atom. The number of amides is 1. The molecule has 2 aliphatic rings. The van der Waals surface area contributed by atoms with Crippen molar-refractivity contribution in [2.75, 3.05) is 52.3 Å². The Kier molecular flexibility index (Phi) is 7.20. The second-order valence-electron chi connectivity index (χ2n) is 8.78. The predicted octanol–water partition coefficient (Wildman–Crippen LogP) is 4.04. The number of nitrogens with one attached hydrogen (secondary N) is 1. The van der Waals surface area contributed by atoms with Gasteiger partial charge in [0.15, 0.2) is 11.5 Å². The summed E-state index contributed by atoms with van der Waals surface area (Å²) in [5.41, 5.74) is 4.54. The molecule has 6 nitrogen and oxygen atoms in total. The Balaban J connectivity index is 1.57. The molecule has 0 aliphatic carbocycles. The first-order valence-electron chi connectivity index (χ1n) is 11.7. The highest BCUT2D eigenvalue weighted by atomic mass is 16.5. The van der Waals surface area contributed by atoms with Crippen molar-refractivity contribution in [3.8, 4) is 11.5 Å².